The van der Waals surface area contributed by atoms with Crippen LogP contribution in [0.15, 0.2) is 57.3 Å². The minimum Gasteiger partial charge on any atom is -0.497 e. The molecule has 0 bridgehead atoms. The second-order valence-electron chi connectivity index (χ2n) is 12.4. The van der Waals surface area contributed by atoms with E-state index in [9.17, 15) is 26.7 Å². The first-order chi connectivity index (χ1) is 22.0. The maximum absolute atomic E-state index is 16.2. The van der Waals surface area contributed by atoms with Gasteiger partial charge in [0.2, 0.25) is 0 Å². The average Bonchev–Trinajstić information content (AvgIpc) is 2.99. The third kappa shape index (κ3) is 8.15. The van der Waals surface area contributed by atoms with E-state index in [1.807, 2.05) is 6.92 Å². The zero-order valence-corrected chi connectivity index (χ0v) is 29.1. The van der Waals surface area contributed by atoms with Crippen LogP contribution >= 0.6 is 0 Å². The predicted octanol–water partition coefficient (Wildman–Crippen LogP) is 10.0. The highest BCUT2D eigenvalue weighted by atomic mass is 28.4. The highest BCUT2D eigenvalue weighted by Gasteiger charge is 2.87. The molecule has 0 aliphatic carbocycles. The molecule has 0 saturated heterocycles. The molecule has 0 radical (unpaired) electrons. The number of halogens is 9. The fourth-order valence-electron chi connectivity index (χ4n) is 5.67. The Hall–Kier alpha value is -2.78. The molecule has 272 valence electrons. The second-order valence-corrected chi connectivity index (χ2v) is 17.1. The van der Waals surface area contributed by atoms with Gasteiger partial charge in [-0.1, -0.05) is 66.2 Å². The van der Waals surface area contributed by atoms with Crippen LogP contribution in [0.25, 0.3) is 0 Å². The summed E-state index contributed by atoms with van der Waals surface area (Å²) in [6.07, 6.45) is -6.25. The van der Waals surface area contributed by atoms with Gasteiger partial charge in [0.25, 0.3) is 8.32 Å². The summed E-state index contributed by atoms with van der Waals surface area (Å²) in [6, 6.07) is 9.71. The van der Waals surface area contributed by atoms with E-state index in [4.69, 9.17) is 18.3 Å². The molecule has 5 nitrogen and oxygen atoms in total. The van der Waals surface area contributed by atoms with Gasteiger partial charge in [0.05, 0.1) is 26.4 Å². The number of hydrogen-bond donors (Lipinski definition) is 0. The Morgan fingerprint density at radius 3 is 1.90 bits per heavy atom. The largest absolute Gasteiger partial charge is 0.497 e. The average molecular weight is 719 g/mol. The van der Waals surface area contributed by atoms with Crippen LogP contribution in [0.5, 0.6) is 5.75 Å². The Balaban J connectivity index is 2.68. The van der Waals surface area contributed by atoms with Gasteiger partial charge in [-0.3, -0.25) is 0 Å². The lowest BCUT2D eigenvalue weighted by Crippen LogP contribution is -2.74. The first-order valence-electron chi connectivity index (χ1n) is 15.4. The van der Waals surface area contributed by atoms with Crippen LogP contribution in [0.4, 0.5) is 39.5 Å². The molecule has 2 unspecified atom stereocenters. The molecule has 48 heavy (non-hydrogen) atoms. The van der Waals surface area contributed by atoms with Crippen LogP contribution in [-0.2, 0) is 22.2 Å². The maximum atomic E-state index is 16.2. The van der Waals surface area contributed by atoms with Crippen LogP contribution in [0.2, 0.25) is 11.1 Å². The number of ether oxygens (including phenoxy) is 2. The Morgan fingerprint density at radius 1 is 0.875 bits per heavy atom. The van der Waals surface area contributed by atoms with Crippen LogP contribution in [0, 0.1) is 0 Å². The predicted molar refractivity (Wildman–Crippen MR) is 166 cm³/mol. The normalized spacial score (nSPS) is 15.3. The lowest BCUT2D eigenvalue weighted by Gasteiger charge is -2.49. The van der Waals surface area contributed by atoms with Crippen molar-refractivity contribution in [1.82, 2.24) is 0 Å². The van der Waals surface area contributed by atoms with Gasteiger partial charge >= 0.3 is 29.2 Å². The van der Waals surface area contributed by atoms with Crippen molar-refractivity contribution in [3.8, 4) is 5.75 Å². The summed E-state index contributed by atoms with van der Waals surface area (Å²) in [4.78, 5) is 12.7. The quantitative estimate of drug-likeness (QED) is 0.0706. The molecular weight excluding hydrogens is 675 g/mol. The van der Waals surface area contributed by atoms with E-state index >= 15 is 17.6 Å². The number of hydrogen-bond acceptors (Lipinski definition) is 5. The molecule has 0 N–H and O–H groups in total. The summed E-state index contributed by atoms with van der Waals surface area (Å²) in [5, 5.41) is 0. The highest BCUT2D eigenvalue weighted by molar-refractivity contribution is 6.79. The van der Waals surface area contributed by atoms with Crippen molar-refractivity contribution in [3.63, 3.8) is 0 Å². The van der Waals surface area contributed by atoms with Crippen molar-refractivity contribution in [3.05, 3.63) is 75.4 Å². The van der Waals surface area contributed by atoms with E-state index in [1.165, 1.54) is 39.2 Å². The summed E-state index contributed by atoms with van der Waals surface area (Å²) in [7, 11) is -4.25. The molecular formula is C33H43F9O5Si. The summed E-state index contributed by atoms with van der Waals surface area (Å²) in [5.74, 6) is -14.6. The van der Waals surface area contributed by atoms with Crippen molar-refractivity contribution in [2.24, 2.45) is 0 Å². The van der Waals surface area contributed by atoms with Gasteiger partial charge in [0.1, 0.15) is 11.5 Å². The van der Waals surface area contributed by atoms with Gasteiger partial charge in [-0.15, -0.1) is 0 Å². The van der Waals surface area contributed by atoms with Crippen molar-refractivity contribution in [2.45, 2.75) is 115 Å². The first-order valence-corrected chi connectivity index (χ1v) is 17.5. The SMILES string of the molecule is CCCc1ccc(C(C)C(O[Si](C(C)C)(C(C)C)C(F)(F)C(F)(F)C(F)(F)C(F)(F)F)/C(C)=C/COCc2ccc(OC)cc2)oc1=O. The van der Waals surface area contributed by atoms with E-state index in [1.54, 1.807) is 24.3 Å². The van der Waals surface area contributed by atoms with Crippen molar-refractivity contribution < 1.29 is 57.8 Å². The lowest BCUT2D eigenvalue weighted by atomic mass is 9.95. The third-order valence-corrected chi connectivity index (χ3v) is 13.8. The van der Waals surface area contributed by atoms with Gasteiger partial charge in [0.15, 0.2) is 0 Å². The van der Waals surface area contributed by atoms with Crippen LogP contribution < -0.4 is 10.4 Å². The van der Waals surface area contributed by atoms with Crippen LogP contribution in [-0.4, -0.2) is 51.7 Å². The van der Waals surface area contributed by atoms with Gasteiger partial charge in [-0.05, 0) is 59.8 Å². The first kappa shape index (κ1) is 41.4. The number of alkyl halides is 9. The van der Waals surface area contributed by atoms with E-state index in [0.717, 1.165) is 33.3 Å². The van der Waals surface area contributed by atoms with Gasteiger partial charge in [0, 0.05) is 11.5 Å². The molecule has 0 aliphatic heterocycles. The summed E-state index contributed by atoms with van der Waals surface area (Å²) in [5.41, 5.74) is -8.71. The smallest absolute Gasteiger partial charge is 0.460 e. The molecule has 1 aromatic heterocycles. The number of methoxy groups -OCH3 is 1. The maximum Gasteiger partial charge on any atom is 0.460 e. The van der Waals surface area contributed by atoms with Gasteiger partial charge in [-0.2, -0.15) is 30.7 Å². The van der Waals surface area contributed by atoms with Crippen molar-refractivity contribution in [1.29, 1.82) is 0 Å². The van der Waals surface area contributed by atoms with Crippen molar-refractivity contribution in [2.75, 3.05) is 13.7 Å². The molecule has 1 aromatic carbocycles. The topological polar surface area (TPSA) is 57.9 Å². The van der Waals surface area contributed by atoms with Crippen molar-refractivity contribution >= 4 is 8.32 Å². The second kappa shape index (κ2) is 15.8. The molecule has 1 heterocycles. The Labute approximate surface area is 275 Å². The Kier molecular flexibility index (Phi) is 13.7. The Morgan fingerprint density at radius 2 is 1.44 bits per heavy atom. The summed E-state index contributed by atoms with van der Waals surface area (Å²) < 4.78 is 153. The zero-order chi connectivity index (χ0) is 36.9. The van der Waals surface area contributed by atoms with E-state index < -0.39 is 60.6 Å². The summed E-state index contributed by atoms with van der Waals surface area (Å²) >= 11 is 0. The molecule has 0 fully saturated rings. The number of benzene rings is 1. The Bertz CT molecular complexity index is 1410. The van der Waals surface area contributed by atoms with Crippen LogP contribution in [0.3, 0.4) is 0 Å². The van der Waals surface area contributed by atoms with E-state index in [-0.39, 0.29) is 24.5 Å². The molecule has 0 amide bonds. The fraction of sp³-hybridized carbons (Fsp3) is 0.606. The molecule has 2 atom stereocenters. The monoisotopic (exact) mass is 718 g/mol. The summed E-state index contributed by atoms with van der Waals surface area (Å²) in [6.45, 7) is 8.66. The van der Waals surface area contributed by atoms with E-state index in [2.05, 4.69) is 0 Å². The number of rotatable bonds is 17. The van der Waals surface area contributed by atoms with Gasteiger partial charge < -0.3 is 18.3 Å². The van der Waals surface area contributed by atoms with Gasteiger partial charge in [-0.25, -0.2) is 13.6 Å². The minimum absolute atomic E-state index is 0.0934. The van der Waals surface area contributed by atoms with E-state index in [0.29, 0.717) is 24.2 Å². The highest BCUT2D eigenvalue weighted by Crippen LogP contribution is 2.60. The zero-order valence-electron chi connectivity index (χ0n) is 28.1. The minimum atomic E-state index is -7.09. The molecule has 2 aromatic rings. The fourth-order valence-corrected chi connectivity index (χ4v) is 10.6. The molecule has 0 aliphatic rings. The lowest BCUT2D eigenvalue weighted by molar-refractivity contribution is -0.386. The van der Waals surface area contributed by atoms with Crippen LogP contribution in [0.1, 0.15) is 77.7 Å². The molecule has 2 rings (SSSR count). The standard InChI is InChI=1S/C33H43F9O5Si/c1-9-10-25-13-16-27(46-29(25)43)23(7)28(22(6)17-18-45-19-24-11-14-26(44-8)15-12-24)47-48(20(2)3,21(4)5)33(41,42)31(36,37)30(34,35)32(38,39)40/h11-17,20-21,23,28H,9-10,18-19H2,1-8H3/b22-17+. The molecule has 0 spiro atoms. The molecule has 15 heteroatoms. The third-order valence-electron chi connectivity index (χ3n) is 8.42. The number of aryl methyl sites for hydroxylation is 1. The molecule has 0 saturated carbocycles.